The van der Waals surface area contributed by atoms with Crippen molar-refractivity contribution >= 4 is 33.4 Å². The van der Waals surface area contributed by atoms with Crippen molar-refractivity contribution in [2.45, 2.75) is 32.8 Å². The van der Waals surface area contributed by atoms with Crippen molar-refractivity contribution in [1.29, 1.82) is 0 Å². The molecule has 1 rings (SSSR count). The van der Waals surface area contributed by atoms with Crippen LogP contribution in [0.15, 0.2) is 22.7 Å². The number of nitrogens with one attached hydrogen (secondary N) is 2. The minimum absolute atomic E-state index is 0.0315. The summed E-state index contributed by atoms with van der Waals surface area (Å²) < 4.78 is 5.74. The molecule has 1 aromatic rings. The normalized spacial score (nSPS) is 10.9. The molecule has 0 unspecified atom stereocenters. The van der Waals surface area contributed by atoms with Gasteiger partial charge in [-0.3, -0.25) is 10.1 Å². The molecule has 22 heavy (non-hydrogen) atoms. The Morgan fingerprint density at radius 1 is 1.36 bits per heavy atom. The number of benzene rings is 1. The molecule has 1 amide bonds. The van der Waals surface area contributed by atoms with Crippen molar-refractivity contribution in [2.24, 2.45) is 0 Å². The zero-order valence-corrected chi connectivity index (χ0v) is 14.4. The van der Waals surface area contributed by atoms with E-state index < -0.39 is 16.6 Å². The molecular weight excluding hydrogens is 354 g/mol. The van der Waals surface area contributed by atoms with E-state index in [-0.39, 0.29) is 5.69 Å². The monoisotopic (exact) mass is 373 g/mol. The summed E-state index contributed by atoms with van der Waals surface area (Å²) in [4.78, 5) is 21.6. The first-order valence-electron chi connectivity index (χ1n) is 6.84. The summed E-state index contributed by atoms with van der Waals surface area (Å²) in [7, 11) is 0. The van der Waals surface area contributed by atoms with Crippen molar-refractivity contribution in [3.05, 3.63) is 32.8 Å². The molecular formula is C14H20BrN3O4. The molecule has 0 fully saturated rings. The van der Waals surface area contributed by atoms with Crippen LogP contribution in [0.5, 0.6) is 0 Å². The molecule has 0 saturated heterocycles. The Kier molecular flexibility index (Phi) is 6.61. The van der Waals surface area contributed by atoms with Gasteiger partial charge in [0.1, 0.15) is 5.60 Å². The molecule has 0 atom stereocenters. The summed E-state index contributed by atoms with van der Waals surface area (Å²) in [5, 5.41) is 16.4. The number of alkyl carbamates (subject to hydrolysis) is 1. The number of carbonyl (C=O) groups excluding carboxylic acids is 1. The quantitative estimate of drug-likeness (QED) is 0.450. The van der Waals surface area contributed by atoms with E-state index in [2.05, 4.69) is 26.6 Å². The molecule has 0 radical (unpaired) electrons. The zero-order valence-electron chi connectivity index (χ0n) is 12.8. The van der Waals surface area contributed by atoms with Crippen molar-refractivity contribution in [1.82, 2.24) is 5.32 Å². The number of nitro benzene ring substituents is 1. The maximum atomic E-state index is 11.4. The Bertz CT molecular complexity index is 543. The van der Waals surface area contributed by atoms with Gasteiger partial charge in [-0.1, -0.05) is 0 Å². The molecule has 7 nitrogen and oxygen atoms in total. The number of non-ortho nitro benzene ring substituents is 1. The van der Waals surface area contributed by atoms with E-state index in [1.54, 1.807) is 26.8 Å². The van der Waals surface area contributed by atoms with E-state index >= 15 is 0 Å². The third-order valence-corrected chi connectivity index (χ3v) is 3.16. The molecule has 2 N–H and O–H groups in total. The van der Waals surface area contributed by atoms with Gasteiger partial charge in [0.2, 0.25) is 0 Å². The highest BCUT2D eigenvalue weighted by Crippen LogP contribution is 2.26. The van der Waals surface area contributed by atoms with Crippen molar-refractivity contribution in [2.75, 3.05) is 18.4 Å². The Morgan fingerprint density at radius 2 is 2.05 bits per heavy atom. The van der Waals surface area contributed by atoms with E-state index in [9.17, 15) is 14.9 Å². The Hall–Kier alpha value is -1.83. The summed E-state index contributed by atoms with van der Waals surface area (Å²) in [6, 6.07) is 4.52. The Labute approximate surface area is 137 Å². The molecule has 0 aliphatic rings. The minimum atomic E-state index is -0.508. The smallest absolute Gasteiger partial charge is 0.407 e. The lowest BCUT2D eigenvalue weighted by molar-refractivity contribution is -0.384. The summed E-state index contributed by atoms with van der Waals surface area (Å²) >= 11 is 3.28. The fourth-order valence-electron chi connectivity index (χ4n) is 1.58. The number of hydrogen-bond acceptors (Lipinski definition) is 5. The number of halogens is 1. The van der Waals surface area contributed by atoms with E-state index in [0.717, 1.165) is 5.69 Å². The van der Waals surface area contributed by atoms with E-state index in [0.29, 0.717) is 24.0 Å². The second-order valence-electron chi connectivity index (χ2n) is 5.63. The lowest BCUT2D eigenvalue weighted by atomic mass is 10.2. The van der Waals surface area contributed by atoms with Gasteiger partial charge in [0.05, 0.1) is 4.92 Å². The predicted molar refractivity (Wildman–Crippen MR) is 88.1 cm³/mol. The number of ether oxygens (including phenoxy) is 1. The highest BCUT2D eigenvalue weighted by atomic mass is 79.9. The molecule has 0 aliphatic heterocycles. The molecule has 0 spiro atoms. The summed E-state index contributed by atoms with van der Waals surface area (Å²) in [5.41, 5.74) is 0.290. The number of nitrogens with zero attached hydrogens (tertiary/aromatic N) is 1. The maximum absolute atomic E-state index is 11.4. The topological polar surface area (TPSA) is 93.5 Å². The second-order valence-corrected chi connectivity index (χ2v) is 6.48. The van der Waals surface area contributed by atoms with Crippen molar-refractivity contribution in [3.63, 3.8) is 0 Å². The highest BCUT2D eigenvalue weighted by molar-refractivity contribution is 9.10. The number of carbonyl (C=O) groups is 1. The average molecular weight is 374 g/mol. The summed E-state index contributed by atoms with van der Waals surface area (Å²) in [6.45, 7) is 6.51. The van der Waals surface area contributed by atoms with Crippen LogP contribution < -0.4 is 10.6 Å². The number of nitro groups is 1. The lowest BCUT2D eigenvalue weighted by Crippen LogP contribution is -2.33. The van der Waals surface area contributed by atoms with Gasteiger partial charge >= 0.3 is 6.09 Å². The standard InChI is InChI=1S/C14H20BrN3O4/c1-14(2,3)22-13(19)17-8-4-7-16-12-6-5-10(18(20)21)9-11(12)15/h5-6,9,16H,4,7-8H2,1-3H3,(H,17,19). The van der Waals surface area contributed by atoms with Crippen LogP contribution in [0.25, 0.3) is 0 Å². The maximum Gasteiger partial charge on any atom is 0.407 e. The molecule has 0 aliphatic carbocycles. The van der Waals surface area contributed by atoms with Crippen LogP contribution in [0.2, 0.25) is 0 Å². The molecule has 0 aromatic heterocycles. The SMILES string of the molecule is CC(C)(C)OC(=O)NCCCNc1ccc([N+](=O)[O-])cc1Br. The van der Waals surface area contributed by atoms with Crippen LogP contribution in [0.1, 0.15) is 27.2 Å². The van der Waals surface area contributed by atoms with Gasteiger partial charge < -0.3 is 15.4 Å². The fraction of sp³-hybridized carbons (Fsp3) is 0.500. The average Bonchev–Trinajstić information content (AvgIpc) is 2.37. The fourth-order valence-corrected chi connectivity index (χ4v) is 2.08. The molecule has 0 saturated carbocycles. The van der Waals surface area contributed by atoms with Gasteiger partial charge in [0.25, 0.3) is 5.69 Å². The van der Waals surface area contributed by atoms with Gasteiger partial charge in [-0.05, 0) is 49.2 Å². The molecule has 1 aromatic carbocycles. The number of rotatable bonds is 6. The van der Waals surface area contributed by atoms with E-state index in [1.807, 2.05) is 0 Å². The summed E-state index contributed by atoms with van der Waals surface area (Å²) in [5.74, 6) is 0. The van der Waals surface area contributed by atoms with Gasteiger partial charge in [0.15, 0.2) is 0 Å². The van der Waals surface area contributed by atoms with Crippen LogP contribution in [0.3, 0.4) is 0 Å². The third kappa shape index (κ3) is 6.75. The van der Waals surface area contributed by atoms with Gasteiger partial charge in [-0.15, -0.1) is 0 Å². The summed E-state index contributed by atoms with van der Waals surface area (Å²) in [6.07, 6.45) is 0.256. The van der Waals surface area contributed by atoms with Gasteiger partial charge in [-0.25, -0.2) is 4.79 Å². The zero-order chi connectivity index (χ0) is 16.8. The first-order chi connectivity index (χ1) is 10.2. The first-order valence-corrected chi connectivity index (χ1v) is 7.63. The van der Waals surface area contributed by atoms with Crippen LogP contribution in [0, 0.1) is 10.1 Å². The van der Waals surface area contributed by atoms with E-state index in [1.165, 1.54) is 12.1 Å². The molecule has 8 heteroatoms. The van der Waals surface area contributed by atoms with Crippen LogP contribution >= 0.6 is 15.9 Å². The minimum Gasteiger partial charge on any atom is -0.444 e. The largest absolute Gasteiger partial charge is 0.444 e. The lowest BCUT2D eigenvalue weighted by Gasteiger charge is -2.19. The van der Waals surface area contributed by atoms with E-state index in [4.69, 9.17) is 4.74 Å². The molecule has 0 heterocycles. The Balaban J connectivity index is 2.31. The number of amides is 1. The number of hydrogen-bond donors (Lipinski definition) is 2. The predicted octanol–water partition coefficient (Wildman–Crippen LogP) is 3.68. The molecule has 0 bridgehead atoms. The van der Waals surface area contributed by atoms with Crippen LogP contribution in [0.4, 0.5) is 16.2 Å². The van der Waals surface area contributed by atoms with Crippen LogP contribution in [-0.4, -0.2) is 29.7 Å². The highest BCUT2D eigenvalue weighted by Gasteiger charge is 2.15. The Morgan fingerprint density at radius 3 is 2.59 bits per heavy atom. The second kappa shape index (κ2) is 7.98. The molecule has 122 valence electrons. The van der Waals surface area contributed by atoms with Crippen molar-refractivity contribution in [3.8, 4) is 0 Å². The number of anilines is 1. The third-order valence-electron chi connectivity index (χ3n) is 2.50. The van der Waals surface area contributed by atoms with Crippen molar-refractivity contribution < 1.29 is 14.5 Å². The first kappa shape index (κ1) is 18.2. The van der Waals surface area contributed by atoms with Gasteiger partial charge in [-0.2, -0.15) is 0 Å². The van der Waals surface area contributed by atoms with Gasteiger partial charge in [0, 0.05) is 35.4 Å². The van der Waals surface area contributed by atoms with Crippen LogP contribution in [-0.2, 0) is 4.74 Å².